The number of rotatable bonds is 5. The summed E-state index contributed by atoms with van der Waals surface area (Å²) in [5.41, 5.74) is 3.09. The first kappa shape index (κ1) is 16.4. The lowest BCUT2D eigenvalue weighted by Gasteiger charge is -2.18. The number of benzene rings is 1. The van der Waals surface area contributed by atoms with Gasteiger partial charge in [-0.2, -0.15) is 4.58 Å². The largest absolute Gasteiger partial charge is 0.465 e. The molecule has 2 aromatic rings. The lowest BCUT2D eigenvalue weighted by molar-refractivity contribution is -0.454. The second kappa shape index (κ2) is 6.99. The second-order valence-electron chi connectivity index (χ2n) is 6.14. The van der Waals surface area contributed by atoms with Gasteiger partial charge < -0.3 is 9.72 Å². The fraction of sp³-hybridized carbons (Fsp3) is 0.421. The summed E-state index contributed by atoms with van der Waals surface area (Å²) in [5, 5.41) is 1.18. The monoisotopic (exact) mass is 327 g/mol. The van der Waals surface area contributed by atoms with Crippen LogP contribution in [0.1, 0.15) is 32.3 Å². The Hall–Kier alpha value is -2.43. The highest BCUT2D eigenvalue weighted by Crippen LogP contribution is 2.20. The second-order valence-corrected chi connectivity index (χ2v) is 6.14. The molecule has 1 atom stereocenters. The van der Waals surface area contributed by atoms with Gasteiger partial charge in [0.25, 0.3) is 0 Å². The summed E-state index contributed by atoms with van der Waals surface area (Å²) in [5.74, 6) is -0.432. The molecule has 0 saturated carbocycles. The molecule has 2 heterocycles. The average Bonchev–Trinajstić information content (AvgIpc) is 2.98. The van der Waals surface area contributed by atoms with E-state index >= 15 is 0 Å². The molecule has 1 aliphatic heterocycles. The van der Waals surface area contributed by atoms with Crippen molar-refractivity contribution in [3.8, 4) is 0 Å². The predicted octanol–water partition coefficient (Wildman–Crippen LogP) is 2.68. The zero-order valence-electron chi connectivity index (χ0n) is 14.2. The van der Waals surface area contributed by atoms with Crippen LogP contribution in [0.5, 0.6) is 0 Å². The highest BCUT2D eigenvalue weighted by Gasteiger charge is 2.37. The van der Waals surface area contributed by atoms with E-state index in [1.54, 1.807) is 11.5 Å². The summed E-state index contributed by atoms with van der Waals surface area (Å²) in [7, 11) is 0. The zero-order chi connectivity index (χ0) is 17.1. The van der Waals surface area contributed by atoms with Gasteiger partial charge in [0.2, 0.25) is 0 Å². The van der Waals surface area contributed by atoms with Gasteiger partial charge in [-0.15, -0.1) is 0 Å². The van der Waals surface area contributed by atoms with E-state index in [0.717, 1.165) is 17.6 Å². The topological polar surface area (TPSA) is 62.2 Å². The first-order valence-electron chi connectivity index (χ1n) is 8.47. The number of esters is 1. The van der Waals surface area contributed by atoms with Gasteiger partial charge in [0, 0.05) is 30.4 Å². The fourth-order valence-electron chi connectivity index (χ4n) is 3.40. The Morgan fingerprint density at radius 3 is 2.96 bits per heavy atom. The number of hydrogen-bond acceptors (Lipinski definition) is 3. The number of H-pyrrole nitrogens is 1. The van der Waals surface area contributed by atoms with Gasteiger partial charge in [-0.05, 0) is 25.0 Å². The molecule has 1 aliphatic rings. The smallest absolute Gasteiger partial charge is 0.386 e. The lowest BCUT2D eigenvalue weighted by Crippen LogP contribution is -2.40. The van der Waals surface area contributed by atoms with Crippen LogP contribution in [0.15, 0.2) is 30.5 Å². The van der Waals surface area contributed by atoms with Gasteiger partial charge in [0.15, 0.2) is 12.3 Å². The number of nitrogens with one attached hydrogen (secondary N) is 1. The van der Waals surface area contributed by atoms with E-state index in [-0.39, 0.29) is 17.8 Å². The minimum absolute atomic E-state index is 0.0906. The van der Waals surface area contributed by atoms with Crippen molar-refractivity contribution >= 4 is 28.5 Å². The minimum atomic E-state index is -0.300. The van der Waals surface area contributed by atoms with Crippen LogP contribution in [0.3, 0.4) is 0 Å². The Kier molecular flexibility index (Phi) is 4.79. The number of aromatic nitrogens is 1. The summed E-state index contributed by atoms with van der Waals surface area (Å²) < 4.78 is 6.90. The fourth-order valence-corrected chi connectivity index (χ4v) is 3.40. The number of para-hydroxylation sites is 1. The quantitative estimate of drug-likeness (QED) is 0.678. The van der Waals surface area contributed by atoms with E-state index in [1.165, 1.54) is 10.9 Å². The highest BCUT2D eigenvalue weighted by molar-refractivity contribution is 6.01. The third-order valence-corrected chi connectivity index (χ3v) is 4.73. The molecule has 0 bridgehead atoms. The van der Waals surface area contributed by atoms with Gasteiger partial charge in [0.05, 0.1) is 13.0 Å². The zero-order valence-corrected chi connectivity index (χ0v) is 14.2. The molecule has 0 saturated heterocycles. The maximum Gasteiger partial charge on any atom is 0.386 e. The molecular weight excluding hydrogens is 304 g/mol. The number of ether oxygens (including phenoxy) is 1. The molecule has 5 heteroatoms. The third-order valence-electron chi connectivity index (χ3n) is 4.73. The van der Waals surface area contributed by atoms with Crippen LogP contribution in [0.2, 0.25) is 0 Å². The summed E-state index contributed by atoms with van der Waals surface area (Å²) in [6.07, 6.45) is 3.70. The molecular formula is C19H23N2O3+. The SMILES string of the molecule is CCOC(=O)C1CCC(=O)[N+](CCc2c[nH]c3ccccc23)=C1C. The summed E-state index contributed by atoms with van der Waals surface area (Å²) in [6, 6.07) is 8.13. The standard InChI is InChI=1S/C19H23N2O3/c1-3-24-19(23)15-8-9-18(22)21(13(15)2)11-10-14-12-20-17-7-5-4-6-16(14)17/h4-7,12,15,20H,3,8-11H2,1-2H3/q+1. The first-order valence-corrected chi connectivity index (χ1v) is 8.47. The minimum Gasteiger partial charge on any atom is -0.465 e. The van der Waals surface area contributed by atoms with Crippen molar-refractivity contribution in [2.75, 3.05) is 13.2 Å². The molecule has 1 aromatic heterocycles. The van der Waals surface area contributed by atoms with Crippen LogP contribution < -0.4 is 0 Å². The first-order chi connectivity index (χ1) is 11.6. The number of nitrogens with zero attached hydrogens (tertiary/aromatic N) is 1. The number of hydrogen-bond donors (Lipinski definition) is 1. The number of carbonyl (C=O) groups excluding carboxylic acids is 2. The van der Waals surface area contributed by atoms with Gasteiger partial charge >= 0.3 is 11.9 Å². The van der Waals surface area contributed by atoms with E-state index in [2.05, 4.69) is 11.1 Å². The van der Waals surface area contributed by atoms with Crippen molar-refractivity contribution in [1.82, 2.24) is 4.98 Å². The third kappa shape index (κ3) is 3.11. The van der Waals surface area contributed by atoms with Crippen LogP contribution in [0, 0.1) is 5.92 Å². The molecule has 1 aromatic carbocycles. The average molecular weight is 327 g/mol. The molecule has 0 radical (unpaired) electrons. The summed E-state index contributed by atoms with van der Waals surface area (Å²) >= 11 is 0. The van der Waals surface area contributed by atoms with Crippen LogP contribution in [0.25, 0.3) is 10.9 Å². The van der Waals surface area contributed by atoms with Gasteiger partial charge in [-0.25, -0.2) is 4.79 Å². The molecule has 0 spiro atoms. The van der Waals surface area contributed by atoms with E-state index in [4.69, 9.17) is 4.74 Å². The van der Waals surface area contributed by atoms with E-state index in [9.17, 15) is 9.59 Å². The molecule has 5 nitrogen and oxygen atoms in total. The Morgan fingerprint density at radius 2 is 2.17 bits per heavy atom. The molecule has 0 fully saturated rings. The molecule has 0 aliphatic carbocycles. The number of carbonyl (C=O) groups is 2. The number of aromatic amines is 1. The molecule has 3 rings (SSSR count). The van der Waals surface area contributed by atoms with Crippen molar-refractivity contribution in [2.24, 2.45) is 5.92 Å². The van der Waals surface area contributed by atoms with E-state index < -0.39 is 0 Å². The van der Waals surface area contributed by atoms with Crippen molar-refractivity contribution in [2.45, 2.75) is 33.1 Å². The van der Waals surface area contributed by atoms with Crippen molar-refractivity contribution < 1.29 is 18.9 Å². The summed E-state index contributed by atoms with van der Waals surface area (Å²) in [6.45, 7) is 4.62. The van der Waals surface area contributed by atoms with Crippen molar-refractivity contribution in [1.29, 1.82) is 0 Å². The summed E-state index contributed by atoms with van der Waals surface area (Å²) in [4.78, 5) is 27.6. The van der Waals surface area contributed by atoms with Crippen molar-refractivity contribution in [3.05, 3.63) is 36.0 Å². The molecule has 24 heavy (non-hydrogen) atoms. The number of amides is 1. The predicted molar refractivity (Wildman–Crippen MR) is 92.2 cm³/mol. The Bertz CT molecular complexity index is 804. The van der Waals surface area contributed by atoms with Crippen LogP contribution in [0.4, 0.5) is 0 Å². The van der Waals surface area contributed by atoms with Crippen molar-refractivity contribution in [3.63, 3.8) is 0 Å². The maximum atomic E-state index is 12.3. The molecule has 1 amide bonds. The van der Waals surface area contributed by atoms with Gasteiger partial charge in [0.1, 0.15) is 5.92 Å². The molecule has 1 N–H and O–H groups in total. The van der Waals surface area contributed by atoms with E-state index in [1.807, 2.05) is 31.3 Å². The Balaban J connectivity index is 1.80. The van der Waals surface area contributed by atoms with Crippen LogP contribution >= 0.6 is 0 Å². The Labute approximate surface area is 141 Å². The number of fused-ring (bicyclic) bond motifs is 1. The lowest BCUT2D eigenvalue weighted by atomic mass is 9.94. The van der Waals surface area contributed by atoms with Gasteiger partial charge in [-0.1, -0.05) is 18.2 Å². The van der Waals surface area contributed by atoms with E-state index in [0.29, 0.717) is 26.0 Å². The Morgan fingerprint density at radius 1 is 1.38 bits per heavy atom. The highest BCUT2D eigenvalue weighted by atomic mass is 16.5. The molecule has 1 unspecified atom stereocenters. The van der Waals surface area contributed by atoms with Crippen LogP contribution in [-0.4, -0.2) is 40.3 Å². The van der Waals surface area contributed by atoms with Gasteiger partial charge in [-0.3, -0.25) is 4.79 Å². The van der Waals surface area contributed by atoms with Crippen LogP contribution in [-0.2, 0) is 20.7 Å². The molecule has 126 valence electrons. The maximum absolute atomic E-state index is 12.3. The normalized spacial score (nSPS) is 18.2.